The number of nitrogens with one attached hydrogen (secondary N) is 1. The Morgan fingerprint density at radius 3 is 2.32 bits per heavy atom. The Balaban J connectivity index is 1.65. The summed E-state index contributed by atoms with van der Waals surface area (Å²) in [6.45, 7) is 3.99. The average molecular weight is 546 g/mol. The van der Waals surface area contributed by atoms with Gasteiger partial charge in [0.1, 0.15) is 11.7 Å². The van der Waals surface area contributed by atoms with Crippen molar-refractivity contribution in [3.05, 3.63) is 131 Å². The molecule has 0 aliphatic rings. The number of methoxy groups -OCH3 is 1. The first-order chi connectivity index (χ1) is 19.9. The first kappa shape index (κ1) is 27.4. The molecule has 0 radical (unpaired) electrons. The maximum absolute atomic E-state index is 14.3. The van der Waals surface area contributed by atoms with Gasteiger partial charge >= 0.3 is 0 Å². The molecule has 7 heteroatoms. The monoisotopic (exact) mass is 545 g/mol. The van der Waals surface area contributed by atoms with Crippen LogP contribution in [0.25, 0.3) is 10.9 Å². The summed E-state index contributed by atoms with van der Waals surface area (Å²) in [7, 11) is 1.44. The largest absolute Gasteiger partial charge is 0.504 e. The highest BCUT2D eigenvalue weighted by Crippen LogP contribution is 2.34. The van der Waals surface area contributed by atoms with Crippen LogP contribution in [0.15, 0.2) is 103 Å². The highest BCUT2D eigenvalue weighted by molar-refractivity contribution is 6.02. The number of carbonyl (C=O) groups is 2. The van der Waals surface area contributed by atoms with E-state index in [1.165, 1.54) is 18.1 Å². The summed E-state index contributed by atoms with van der Waals surface area (Å²) in [5.41, 5.74) is 4.71. The predicted molar refractivity (Wildman–Crippen MR) is 160 cm³/mol. The topological polar surface area (TPSA) is 91.8 Å². The van der Waals surface area contributed by atoms with E-state index >= 15 is 0 Å². The summed E-state index contributed by atoms with van der Waals surface area (Å²) in [4.78, 5) is 34.7. The number of ether oxygens (including phenoxy) is 1. The molecule has 5 rings (SSSR count). The maximum atomic E-state index is 14.3. The van der Waals surface area contributed by atoms with Gasteiger partial charge in [-0.3, -0.25) is 9.59 Å². The van der Waals surface area contributed by atoms with Gasteiger partial charge in [-0.05, 0) is 60.4 Å². The lowest BCUT2D eigenvalue weighted by Gasteiger charge is -2.32. The van der Waals surface area contributed by atoms with Crippen LogP contribution in [0.2, 0.25) is 0 Å². The van der Waals surface area contributed by atoms with Gasteiger partial charge in [-0.1, -0.05) is 78.9 Å². The molecule has 7 nitrogen and oxygen atoms in total. The SMILES string of the molecule is COc1cc([C@H](C(=O)Nc2c(C)cccc2C)N(Cc2ccccc2)C(=O)c2ccc3ccccc3n2)ccc1O. The molecule has 4 aromatic carbocycles. The molecule has 0 bridgehead atoms. The van der Waals surface area contributed by atoms with Crippen molar-refractivity contribution >= 4 is 28.4 Å². The normalized spacial score (nSPS) is 11.6. The number of fused-ring (bicyclic) bond motifs is 1. The van der Waals surface area contributed by atoms with Crippen molar-refractivity contribution in [1.29, 1.82) is 0 Å². The molecule has 0 saturated heterocycles. The molecule has 206 valence electrons. The fourth-order valence-electron chi connectivity index (χ4n) is 4.93. The summed E-state index contributed by atoms with van der Waals surface area (Å²) in [5, 5.41) is 14.3. The molecule has 0 saturated carbocycles. The zero-order chi connectivity index (χ0) is 28.9. The van der Waals surface area contributed by atoms with E-state index in [0.29, 0.717) is 16.8 Å². The number of phenolic OH excluding ortho intramolecular Hbond substituents is 1. The van der Waals surface area contributed by atoms with Gasteiger partial charge in [-0.2, -0.15) is 0 Å². The number of para-hydroxylation sites is 2. The number of benzene rings is 4. The summed E-state index contributed by atoms with van der Waals surface area (Å²) >= 11 is 0. The number of hydrogen-bond donors (Lipinski definition) is 2. The van der Waals surface area contributed by atoms with Crippen LogP contribution >= 0.6 is 0 Å². The first-order valence-corrected chi connectivity index (χ1v) is 13.3. The van der Waals surface area contributed by atoms with Gasteiger partial charge in [0, 0.05) is 17.6 Å². The molecule has 0 aliphatic carbocycles. The number of anilines is 1. The van der Waals surface area contributed by atoms with Gasteiger partial charge in [0.2, 0.25) is 0 Å². The molecule has 0 spiro atoms. The first-order valence-electron chi connectivity index (χ1n) is 13.3. The van der Waals surface area contributed by atoms with Crippen LogP contribution in [-0.4, -0.2) is 33.9 Å². The molecule has 1 aromatic heterocycles. The second kappa shape index (κ2) is 11.9. The standard InChI is InChI=1S/C34H31N3O4/c1-22-10-9-11-23(2)31(22)36-33(39)32(26-17-19-29(38)30(20-26)41-3)37(21-24-12-5-4-6-13-24)34(40)28-18-16-25-14-7-8-15-27(25)35-28/h4-20,32,38H,21H2,1-3H3,(H,36,39)/t32-/m1/s1. The molecule has 0 fully saturated rings. The number of carbonyl (C=O) groups excluding carboxylic acids is 2. The van der Waals surface area contributed by atoms with Crippen molar-refractivity contribution in [3.63, 3.8) is 0 Å². The van der Waals surface area contributed by atoms with Crippen molar-refractivity contribution in [2.75, 3.05) is 12.4 Å². The van der Waals surface area contributed by atoms with E-state index in [2.05, 4.69) is 10.3 Å². The lowest BCUT2D eigenvalue weighted by Crippen LogP contribution is -2.41. The third-order valence-corrected chi connectivity index (χ3v) is 7.08. The number of hydrogen-bond acceptors (Lipinski definition) is 5. The summed E-state index contributed by atoms with van der Waals surface area (Å²) in [6, 6.07) is 30.0. The second-order valence-electron chi connectivity index (χ2n) is 9.90. The predicted octanol–water partition coefficient (Wildman–Crippen LogP) is 6.59. The number of rotatable bonds is 8. The molecular weight excluding hydrogens is 514 g/mol. The molecule has 2 amide bonds. The number of nitrogens with zero attached hydrogens (tertiary/aromatic N) is 2. The Hall–Kier alpha value is -5.17. The minimum atomic E-state index is -1.08. The van der Waals surface area contributed by atoms with Crippen molar-refractivity contribution in [1.82, 2.24) is 9.88 Å². The fourth-order valence-corrected chi connectivity index (χ4v) is 4.93. The quantitative estimate of drug-likeness (QED) is 0.230. The molecule has 0 unspecified atom stereocenters. The average Bonchev–Trinajstić information content (AvgIpc) is 2.99. The van der Waals surface area contributed by atoms with Crippen LogP contribution in [0.5, 0.6) is 11.5 Å². The minimum Gasteiger partial charge on any atom is -0.504 e. The van der Waals surface area contributed by atoms with E-state index in [0.717, 1.165) is 22.1 Å². The third kappa shape index (κ3) is 5.89. The zero-order valence-electron chi connectivity index (χ0n) is 23.2. The molecule has 1 heterocycles. The Labute approximate surface area is 239 Å². The van der Waals surface area contributed by atoms with Crippen molar-refractivity contribution in [3.8, 4) is 11.5 Å². The molecule has 5 aromatic rings. The van der Waals surface area contributed by atoms with Gasteiger partial charge in [0.05, 0.1) is 12.6 Å². The van der Waals surface area contributed by atoms with Crippen LogP contribution in [0.1, 0.15) is 38.8 Å². The second-order valence-corrected chi connectivity index (χ2v) is 9.90. The molecule has 2 N–H and O–H groups in total. The van der Waals surface area contributed by atoms with Gasteiger partial charge in [-0.25, -0.2) is 4.98 Å². The van der Waals surface area contributed by atoms with Crippen molar-refractivity contribution in [2.45, 2.75) is 26.4 Å². The van der Waals surface area contributed by atoms with Gasteiger partial charge in [-0.15, -0.1) is 0 Å². The molecule has 1 atom stereocenters. The zero-order valence-corrected chi connectivity index (χ0v) is 23.2. The number of pyridine rings is 1. The number of amides is 2. The van der Waals surface area contributed by atoms with Crippen LogP contribution in [-0.2, 0) is 11.3 Å². The maximum Gasteiger partial charge on any atom is 0.273 e. The fraction of sp³-hybridized carbons (Fsp3) is 0.147. The Morgan fingerprint density at radius 1 is 0.878 bits per heavy atom. The van der Waals surface area contributed by atoms with Crippen LogP contribution in [0.3, 0.4) is 0 Å². The van der Waals surface area contributed by atoms with E-state index in [1.807, 2.05) is 92.7 Å². The summed E-state index contributed by atoms with van der Waals surface area (Å²) < 4.78 is 5.37. The lowest BCUT2D eigenvalue weighted by molar-refractivity contribution is -0.121. The van der Waals surface area contributed by atoms with Crippen molar-refractivity contribution < 1.29 is 19.4 Å². The number of phenols is 1. The van der Waals surface area contributed by atoms with Crippen LogP contribution in [0.4, 0.5) is 5.69 Å². The van der Waals surface area contributed by atoms with E-state index in [1.54, 1.807) is 18.2 Å². The smallest absolute Gasteiger partial charge is 0.273 e. The number of aryl methyl sites for hydroxylation is 2. The van der Waals surface area contributed by atoms with E-state index < -0.39 is 17.9 Å². The highest BCUT2D eigenvalue weighted by Gasteiger charge is 2.34. The summed E-state index contributed by atoms with van der Waals surface area (Å²) in [6.07, 6.45) is 0. The highest BCUT2D eigenvalue weighted by atomic mass is 16.5. The lowest BCUT2D eigenvalue weighted by atomic mass is 10.0. The van der Waals surface area contributed by atoms with Crippen LogP contribution in [0, 0.1) is 13.8 Å². The Kier molecular flexibility index (Phi) is 7.97. The molecule has 41 heavy (non-hydrogen) atoms. The van der Waals surface area contributed by atoms with E-state index in [4.69, 9.17) is 4.74 Å². The van der Waals surface area contributed by atoms with E-state index in [9.17, 15) is 14.7 Å². The van der Waals surface area contributed by atoms with E-state index in [-0.39, 0.29) is 23.7 Å². The Morgan fingerprint density at radius 2 is 1.59 bits per heavy atom. The Bertz CT molecular complexity index is 1700. The third-order valence-electron chi connectivity index (χ3n) is 7.08. The van der Waals surface area contributed by atoms with Crippen LogP contribution < -0.4 is 10.1 Å². The number of aromatic hydroxyl groups is 1. The molecular formula is C34H31N3O4. The van der Waals surface area contributed by atoms with Gasteiger partial charge in [0.25, 0.3) is 11.8 Å². The van der Waals surface area contributed by atoms with Crippen molar-refractivity contribution in [2.24, 2.45) is 0 Å². The minimum absolute atomic E-state index is 0.0673. The number of aromatic nitrogens is 1. The van der Waals surface area contributed by atoms with Gasteiger partial charge < -0.3 is 20.1 Å². The van der Waals surface area contributed by atoms with Gasteiger partial charge in [0.15, 0.2) is 11.5 Å². The molecule has 0 aliphatic heterocycles. The summed E-state index contributed by atoms with van der Waals surface area (Å²) in [5.74, 6) is -0.681.